The van der Waals surface area contributed by atoms with Crippen molar-refractivity contribution in [2.45, 2.75) is 18.4 Å². The number of nitrogens with two attached hydrogens (primary N) is 1. The van der Waals surface area contributed by atoms with Crippen LogP contribution in [0.5, 0.6) is 0 Å². The van der Waals surface area contributed by atoms with Crippen LogP contribution in [-0.4, -0.2) is 23.3 Å². The molecule has 3 rings (SSSR count). The van der Waals surface area contributed by atoms with Gasteiger partial charge >= 0.3 is 0 Å². The highest BCUT2D eigenvalue weighted by Gasteiger charge is 2.29. The Bertz CT molecular complexity index is 496. The third kappa shape index (κ3) is 1.50. The van der Waals surface area contributed by atoms with Gasteiger partial charge in [0.15, 0.2) is 0 Å². The van der Waals surface area contributed by atoms with Crippen LogP contribution in [0.3, 0.4) is 0 Å². The summed E-state index contributed by atoms with van der Waals surface area (Å²) in [5.74, 6) is 0. The number of rotatable bonds is 1. The Morgan fingerprint density at radius 2 is 2.06 bits per heavy atom. The van der Waals surface area contributed by atoms with Gasteiger partial charge in [-0.3, -0.25) is 5.10 Å². The minimum absolute atomic E-state index is 0.170. The van der Waals surface area contributed by atoms with Gasteiger partial charge in [-0.2, -0.15) is 5.10 Å². The molecule has 2 heterocycles. The van der Waals surface area contributed by atoms with Crippen LogP contribution in [0.25, 0.3) is 10.9 Å². The fourth-order valence-electron chi connectivity index (χ4n) is 2.41. The third-order valence-electron chi connectivity index (χ3n) is 3.51. The monoisotopic (exact) mass is 216 g/mol. The van der Waals surface area contributed by atoms with Gasteiger partial charge in [0.05, 0.1) is 11.7 Å². The summed E-state index contributed by atoms with van der Waals surface area (Å²) in [5, 5.41) is 11.5. The van der Waals surface area contributed by atoms with Gasteiger partial charge in [0.1, 0.15) is 0 Å². The number of aromatic amines is 1. The summed E-state index contributed by atoms with van der Waals surface area (Å²) in [6, 6.07) is 6.34. The van der Waals surface area contributed by atoms with Crippen molar-refractivity contribution in [3.8, 4) is 0 Å². The largest absolute Gasteiger partial charge is 0.321 e. The van der Waals surface area contributed by atoms with Gasteiger partial charge in [-0.1, -0.05) is 6.07 Å². The molecule has 0 spiro atoms. The minimum Gasteiger partial charge on any atom is -0.321 e. The van der Waals surface area contributed by atoms with Crippen molar-refractivity contribution in [3.05, 3.63) is 30.0 Å². The number of nitrogens with zero attached hydrogens (tertiary/aromatic N) is 1. The Balaban J connectivity index is 2.03. The lowest BCUT2D eigenvalue weighted by molar-refractivity contribution is 0.318. The molecule has 2 aromatic rings. The summed E-state index contributed by atoms with van der Waals surface area (Å²) >= 11 is 0. The number of hydrogen-bond acceptors (Lipinski definition) is 3. The summed E-state index contributed by atoms with van der Waals surface area (Å²) in [7, 11) is 0. The maximum absolute atomic E-state index is 6.47. The lowest BCUT2D eigenvalue weighted by Crippen LogP contribution is -2.46. The lowest BCUT2D eigenvalue weighted by atomic mass is 9.82. The molecule has 1 aromatic carbocycles. The zero-order valence-electron chi connectivity index (χ0n) is 9.16. The highest BCUT2D eigenvalue weighted by molar-refractivity contribution is 5.78. The Morgan fingerprint density at radius 3 is 2.88 bits per heavy atom. The van der Waals surface area contributed by atoms with E-state index in [2.05, 4.69) is 33.7 Å². The number of benzene rings is 1. The van der Waals surface area contributed by atoms with E-state index in [4.69, 9.17) is 5.73 Å². The summed E-state index contributed by atoms with van der Waals surface area (Å²) in [6.07, 6.45) is 3.84. The second-order valence-electron chi connectivity index (χ2n) is 4.58. The van der Waals surface area contributed by atoms with Crippen molar-refractivity contribution in [2.75, 3.05) is 13.1 Å². The molecule has 0 amide bonds. The molecule has 4 nitrogen and oxygen atoms in total. The highest BCUT2D eigenvalue weighted by Crippen LogP contribution is 2.29. The Hall–Kier alpha value is -1.39. The van der Waals surface area contributed by atoms with E-state index in [-0.39, 0.29) is 5.54 Å². The molecular formula is C12H16N4. The van der Waals surface area contributed by atoms with Crippen LogP contribution < -0.4 is 11.1 Å². The van der Waals surface area contributed by atoms with Crippen molar-refractivity contribution in [2.24, 2.45) is 5.73 Å². The zero-order valence-corrected chi connectivity index (χ0v) is 9.16. The van der Waals surface area contributed by atoms with Gasteiger partial charge in [-0.05, 0) is 43.6 Å². The first-order valence-electron chi connectivity index (χ1n) is 5.71. The second-order valence-corrected chi connectivity index (χ2v) is 4.58. The molecule has 0 atom stereocenters. The topological polar surface area (TPSA) is 66.7 Å². The predicted octanol–water partition coefficient (Wildman–Crippen LogP) is 1.10. The van der Waals surface area contributed by atoms with Crippen LogP contribution in [0, 0.1) is 0 Å². The molecule has 84 valence electrons. The normalized spacial score (nSPS) is 20.1. The van der Waals surface area contributed by atoms with Gasteiger partial charge < -0.3 is 11.1 Å². The van der Waals surface area contributed by atoms with Crippen LogP contribution in [0.4, 0.5) is 0 Å². The van der Waals surface area contributed by atoms with Gasteiger partial charge in [0, 0.05) is 10.9 Å². The van der Waals surface area contributed by atoms with Crippen LogP contribution >= 0.6 is 0 Å². The average molecular weight is 216 g/mol. The van der Waals surface area contributed by atoms with Gasteiger partial charge in [-0.15, -0.1) is 0 Å². The lowest BCUT2D eigenvalue weighted by Gasteiger charge is -2.34. The number of H-pyrrole nitrogens is 1. The summed E-state index contributed by atoms with van der Waals surface area (Å²) in [5.41, 5.74) is 8.60. The van der Waals surface area contributed by atoms with Crippen molar-refractivity contribution < 1.29 is 0 Å². The number of aromatic nitrogens is 2. The zero-order chi connectivity index (χ0) is 11.0. The fraction of sp³-hybridized carbons (Fsp3) is 0.417. The Morgan fingerprint density at radius 1 is 1.25 bits per heavy atom. The van der Waals surface area contributed by atoms with Crippen molar-refractivity contribution in [1.82, 2.24) is 15.5 Å². The summed E-state index contributed by atoms with van der Waals surface area (Å²) < 4.78 is 0. The average Bonchev–Trinajstić information content (AvgIpc) is 2.77. The highest BCUT2D eigenvalue weighted by atomic mass is 15.1. The first kappa shape index (κ1) is 9.81. The molecule has 0 bridgehead atoms. The molecule has 0 unspecified atom stereocenters. The SMILES string of the molecule is NC1(c2ccc3[nH]ncc3c2)CCNCC1. The predicted molar refractivity (Wildman–Crippen MR) is 64.1 cm³/mol. The molecule has 1 fully saturated rings. The van der Waals surface area contributed by atoms with Crippen LogP contribution in [-0.2, 0) is 5.54 Å². The molecule has 1 aliphatic rings. The van der Waals surface area contributed by atoms with Gasteiger partial charge in [0.25, 0.3) is 0 Å². The Labute approximate surface area is 94.2 Å². The van der Waals surface area contributed by atoms with Gasteiger partial charge in [0.2, 0.25) is 0 Å². The first-order valence-corrected chi connectivity index (χ1v) is 5.71. The molecule has 4 heteroatoms. The van der Waals surface area contributed by atoms with Crippen molar-refractivity contribution >= 4 is 10.9 Å². The molecule has 0 radical (unpaired) electrons. The van der Waals surface area contributed by atoms with Crippen LogP contribution in [0.1, 0.15) is 18.4 Å². The standard InChI is InChI=1S/C12H16N4/c13-12(3-5-14-6-4-12)10-1-2-11-9(7-10)8-15-16-11/h1-2,7-8,14H,3-6,13H2,(H,15,16). The van der Waals surface area contributed by atoms with E-state index < -0.39 is 0 Å². The van der Waals surface area contributed by atoms with E-state index in [0.29, 0.717) is 0 Å². The number of hydrogen-bond donors (Lipinski definition) is 3. The third-order valence-corrected chi connectivity index (χ3v) is 3.51. The van der Waals surface area contributed by atoms with E-state index in [1.807, 2.05) is 6.20 Å². The number of nitrogens with one attached hydrogen (secondary N) is 2. The number of piperidine rings is 1. The smallest absolute Gasteiger partial charge is 0.0650 e. The fourth-order valence-corrected chi connectivity index (χ4v) is 2.41. The maximum atomic E-state index is 6.47. The van der Waals surface area contributed by atoms with Gasteiger partial charge in [-0.25, -0.2) is 0 Å². The minimum atomic E-state index is -0.170. The quantitative estimate of drug-likeness (QED) is 0.668. The first-order chi connectivity index (χ1) is 7.78. The van der Waals surface area contributed by atoms with E-state index in [1.165, 1.54) is 5.56 Å². The van der Waals surface area contributed by atoms with E-state index in [0.717, 1.165) is 36.8 Å². The van der Waals surface area contributed by atoms with E-state index in [1.54, 1.807) is 0 Å². The molecular weight excluding hydrogens is 200 g/mol. The van der Waals surface area contributed by atoms with E-state index >= 15 is 0 Å². The molecule has 1 saturated heterocycles. The van der Waals surface area contributed by atoms with E-state index in [9.17, 15) is 0 Å². The molecule has 4 N–H and O–H groups in total. The van der Waals surface area contributed by atoms with Crippen molar-refractivity contribution in [3.63, 3.8) is 0 Å². The summed E-state index contributed by atoms with van der Waals surface area (Å²) in [4.78, 5) is 0. The summed E-state index contributed by atoms with van der Waals surface area (Å²) in [6.45, 7) is 2.00. The maximum Gasteiger partial charge on any atom is 0.0650 e. The molecule has 0 saturated carbocycles. The second kappa shape index (κ2) is 3.57. The van der Waals surface area contributed by atoms with Crippen LogP contribution in [0.15, 0.2) is 24.4 Å². The Kier molecular flexibility index (Phi) is 2.19. The number of fused-ring (bicyclic) bond motifs is 1. The molecule has 1 aromatic heterocycles. The molecule has 16 heavy (non-hydrogen) atoms. The molecule has 0 aliphatic carbocycles. The van der Waals surface area contributed by atoms with Crippen LogP contribution in [0.2, 0.25) is 0 Å². The molecule has 1 aliphatic heterocycles. The van der Waals surface area contributed by atoms with Crippen molar-refractivity contribution in [1.29, 1.82) is 0 Å².